The summed E-state index contributed by atoms with van der Waals surface area (Å²) in [5, 5.41) is 9.95. The van der Waals surface area contributed by atoms with Gasteiger partial charge in [0.2, 0.25) is 0 Å². The van der Waals surface area contributed by atoms with Gasteiger partial charge in [-0.3, -0.25) is 4.72 Å². The van der Waals surface area contributed by atoms with Gasteiger partial charge in [-0.05, 0) is 74.7 Å². The summed E-state index contributed by atoms with van der Waals surface area (Å²) in [6.45, 7) is 2.18. The largest absolute Gasteiger partial charge is 0.269 e. The van der Waals surface area contributed by atoms with Crippen LogP contribution in [0.3, 0.4) is 0 Å². The summed E-state index contributed by atoms with van der Waals surface area (Å²) in [5.41, 5.74) is 1.46. The highest BCUT2D eigenvalue weighted by Crippen LogP contribution is 2.41. The number of thiophene rings is 1. The molecule has 1 unspecified atom stereocenters. The number of sulfonamides is 1. The van der Waals surface area contributed by atoms with Gasteiger partial charge in [0, 0.05) is 18.3 Å². The SMILES string of the molecule is CC1CCc2c(sc(NS(=O)(=O)c3c(Br)cc(Br)cc3Br)c2C#N)C1. The van der Waals surface area contributed by atoms with Crippen LogP contribution in [0.4, 0.5) is 5.00 Å². The van der Waals surface area contributed by atoms with Crippen molar-refractivity contribution in [2.24, 2.45) is 5.92 Å². The highest BCUT2D eigenvalue weighted by molar-refractivity contribution is 9.11. The van der Waals surface area contributed by atoms with E-state index in [2.05, 4.69) is 65.5 Å². The van der Waals surface area contributed by atoms with E-state index in [9.17, 15) is 13.7 Å². The minimum Gasteiger partial charge on any atom is -0.269 e. The van der Waals surface area contributed by atoms with Gasteiger partial charge in [-0.1, -0.05) is 22.9 Å². The molecule has 2 aromatic rings. The average Bonchev–Trinajstić information content (AvgIpc) is 2.80. The number of benzene rings is 1. The monoisotopic (exact) mass is 566 g/mol. The lowest BCUT2D eigenvalue weighted by molar-refractivity contribution is 0.507. The van der Waals surface area contributed by atoms with Crippen molar-refractivity contribution in [2.45, 2.75) is 31.1 Å². The number of anilines is 1. The molecular weight excluding hydrogens is 556 g/mol. The Bertz CT molecular complexity index is 971. The molecule has 1 aromatic carbocycles. The number of nitriles is 1. The fourth-order valence-corrected chi connectivity index (χ4v) is 9.22. The highest BCUT2D eigenvalue weighted by atomic mass is 79.9. The van der Waals surface area contributed by atoms with Gasteiger partial charge in [0.15, 0.2) is 0 Å². The first-order valence-corrected chi connectivity index (χ1v) is 12.1. The van der Waals surface area contributed by atoms with Gasteiger partial charge in [-0.2, -0.15) is 5.26 Å². The van der Waals surface area contributed by atoms with Crippen molar-refractivity contribution in [1.82, 2.24) is 0 Å². The van der Waals surface area contributed by atoms with Crippen molar-refractivity contribution in [3.63, 3.8) is 0 Å². The minimum absolute atomic E-state index is 0.110. The number of halogens is 3. The third kappa shape index (κ3) is 3.83. The molecule has 1 aliphatic carbocycles. The van der Waals surface area contributed by atoms with E-state index in [4.69, 9.17) is 0 Å². The molecule has 0 spiro atoms. The molecule has 1 aliphatic rings. The van der Waals surface area contributed by atoms with Crippen LogP contribution < -0.4 is 4.72 Å². The van der Waals surface area contributed by atoms with Crippen molar-refractivity contribution in [2.75, 3.05) is 4.72 Å². The molecule has 3 rings (SSSR count). The molecule has 0 amide bonds. The Balaban J connectivity index is 2.05. The number of nitrogens with zero attached hydrogens (tertiary/aromatic N) is 1. The van der Waals surface area contributed by atoms with E-state index in [1.54, 1.807) is 12.1 Å². The van der Waals surface area contributed by atoms with Crippen LogP contribution in [0, 0.1) is 17.2 Å². The summed E-state index contributed by atoms with van der Waals surface area (Å²) in [7, 11) is -3.84. The Hall–Kier alpha value is -0.400. The Morgan fingerprint density at radius 2 is 1.92 bits per heavy atom. The molecule has 1 N–H and O–H groups in total. The van der Waals surface area contributed by atoms with Crippen LogP contribution in [0.25, 0.3) is 0 Å². The first-order valence-electron chi connectivity index (χ1n) is 7.45. The second-order valence-electron chi connectivity index (χ2n) is 5.97. The Kier molecular flexibility index (Phi) is 5.66. The number of hydrogen-bond donors (Lipinski definition) is 1. The maximum absolute atomic E-state index is 12.9. The minimum atomic E-state index is -3.84. The topological polar surface area (TPSA) is 70.0 Å². The van der Waals surface area contributed by atoms with Gasteiger partial charge in [-0.25, -0.2) is 8.42 Å². The lowest BCUT2D eigenvalue weighted by Crippen LogP contribution is -2.14. The Labute approximate surface area is 176 Å². The summed E-state index contributed by atoms with van der Waals surface area (Å²) < 4.78 is 30.1. The molecule has 1 heterocycles. The Morgan fingerprint density at radius 1 is 1.28 bits per heavy atom. The van der Waals surface area contributed by atoms with Crippen molar-refractivity contribution in [1.29, 1.82) is 5.26 Å². The Morgan fingerprint density at radius 3 is 2.52 bits per heavy atom. The molecule has 0 saturated heterocycles. The van der Waals surface area contributed by atoms with E-state index < -0.39 is 10.0 Å². The van der Waals surface area contributed by atoms with E-state index in [0.717, 1.165) is 34.2 Å². The zero-order valence-corrected chi connectivity index (χ0v) is 19.5. The molecule has 132 valence electrons. The predicted octanol–water partition coefficient (Wildman–Crippen LogP) is 5.83. The predicted molar refractivity (Wildman–Crippen MR) is 111 cm³/mol. The average molecular weight is 569 g/mol. The summed E-state index contributed by atoms with van der Waals surface area (Å²) in [6.07, 6.45) is 2.74. The lowest BCUT2D eigenvalue weighted by atomic mass is 9.89. The van der Waals surface area contributed by atoms with Gasteiger partial charge in [0.25, 0.3) is 10.0 Å². The third-order valence-corrected chi connectivity index (χ3v) is 9.07. The molecule has 0 bridgehead atoms. The van der Waals surface area contributed by atoms with Crippen LogP contribution in [0.2, 0.25) is 0 Å². The second kappa shape index (κ2) is 7.31. The zero-order chi connectivity index (χ0) is 18.4. The molecule has 0 radical (unpaired) electrons. The van der Waals surface area contributed by atoms with Crippen LogP contribution in [0.5, 0.6) is 0 Å². The summed E-state index contributed by atoms with van der Waals surface area (Å²) in [6, 6.07) is 5.53. The van der Waals surface area contributed by atoms with Gasteiger partial charge < -0.3 is 0 Å². The third-order valence-electron chi connectivity index (χ3n) is 4.08. The van der Waals surface area contributed by atoms with E-state index in [1.165, 1.54) is 11.3 Å². The molecule has 1 atom stereocenters. The molecule has 0 fully saturated rings. The van der Waals surface area contributed by atoms with E-state index >= 15 is 0 Å². The van der Waals surface area contributed by atoms with Crippen LogP contribution in [0.15, 0.2) is 30.4 Å². The standard InChI is InChI=1S/C16H13Br3N2O2S2/c1-8-2-3-10-11(7-20)16(24-14(10)4-8)21-25(22,23)15-12(18)5-9(17)6-13(15)19/h5-6,8,21H,2-4H2,1H3. The number of hydrogen-bond acceptors (Lipinski definition) is 4. The van der Waals surface area contributed by atoms with Gasteiger partial charge in [0.1, 0.15) is 16.0 Å². The van der Waals surface area contributed by atoms with E-state index in [1.807, 2.05) is 0 Å². The van der Waals surface area contributed by atoms with Crippen molar-refractivity contribution >= 4 is 74.2 Å². The van der Waals surface area contributed by atoms with Crippen molar-refractivity contribution < 1.29 is 8.42 Å². The molecular formula is C16H13Br3N2O2S2. The summed E-state index contributed by atoms with van der Waals surface area (Å²) in [5.74, 6) is 0.553. The fraction of sp³-hybridized carbons (Fsp3) is 0.312. The zero-order valence-electron chi connectivity index (χ0n) is 13.1. The molecule has 0 saturated carbocycles. The van der Waals surface area contributed by atoms with Gasteiger partial charge in [0.05, 0.1) is 5.56 Å². The van der Waals surface area contributed by atoms with Gasteiger partial charge >= 0.3 is 0 Å². The molecule has 4 nitrogen and oxygen atoms in total. The first kappa shape index (κ1) is 19.4. The van der Waals surface area contributed by atoms with E-state index in [-0.39, 0.29) is 4.90 Å². The van der Waals surface area contributed by atoms with Gasteiger partial charge in [-0.15, -0.1) is 11.3 Å². The summed E-state index contributed by atoms with van der Waals surface area (Å²) >= 11 is 11.3. The maximum Gasteiger partial charge on any atom is 0.264 e. The lowest BCUT2D eigenvalue weighted by Gasteiger charge is -2.17. The van der Waals surface area contributed by atoms with E-state index in [0.29, 0.717) is 25.4 Å². The van der Waals surface area contributed by atoms with Crippen LogP contribution in [-0.2, 0) is 22.9 Å². The second-order valence-corrected chi connectivity index (χ2v) is 11.3. The first-order chi connectivity index (χ1) is 11.7. The normalized spacial score (nSPS) is 17.0. The van der Waals surface area contributed by atoms with Crippen molar-refractivity contribution in [3.8, 4) is 6.07 Å². The smallest absolute Gasteiger partial charge is 0.264 e. The molecule has 0 aliphatic heterocycles. The van der Waals surface area contributed by atoms with Crippen LogP contribution >= 0.6 is 59.1 Å². The fourth-order valence-electron chi connectivity index (χ4n) is 2.90. The van der Waals surface area contributed by atoms with Crippen LogP contribution in [0.1, 0.15) is 29.3 Å². The van der Waals surface area contributed by atoms with Crippen molar-refractivity contribution in [3.05, 3.63) is 41.6 Å². The summed E-state index contributed by atoms with van der Waals surface area (Å²) in [4.78, 5) is 1.22. The molecule has 9 heteroatoms. The molecule has 25 heavy (non-hydrogen) atoms. The maximum atomic E-state index is 12.9. The number of rotatable bonds is 3. The molecule has 1 aromatic heterocycles. The number of nitrogens with one attached hydrogen (secondary N) is 1. The highest BCUT2D eigenvalue weighted by Gasteiger charge is 2.28. The quantitative estimate of drug-likeness (QED) is 0.506. The van der Waals surface area contributed by atoms with Crippen LogP contribution in [-0.4, -0.2) is 8.42 Å². The number of fused-ring (bicyclic) bond motifs is 1.